The van der Waals surface area contributed by atoms with Crippen LogP contribution < -0.4 is 10.6 Å². The summed E-state index contributed by atoms with van der Waals surface area (Å²) in [5, 5.41) is 40.0. The summed E-state index contributed by atoms with van der Waals surface area (Å²) < 4.78 is 0. The van der Waals surface area contributed by atoms with Crippen molar-refractivity contribution >= 4 is 17.4 Å². The van der Waals surface area contributed by atoms with E-state index in [9.17, 15) is 20.2 Å². The van der Waals surface area contributed by atoms with Gasteiger partial charge in [0.15, 0.2) is 0 Å². The summed E-state index contributed by atoms with van der Waals surface area (Å²) in [6, 6.07) is 10.2. The van der Waals surface area contributed by atoms with E-state index < -0.39 is 12.3 Å². The Morgan fingerprint density at radius 3 is 2.58 bits per heavy atom. The fourth-order valence-corrected chi connectivity index (χ4v) is 5.28. The van der Waals surface area contributed by atoms with Crippen molar-refractivity contribution in [3.63, 3.8) is 0 Å². The maximum absolute atomic E-state index is 12.6. The minimum atomic E-state index is -1.03. The number of oxime groups is 1. The van der Waals surface area contributed by atoms with Gasteiger partial charge in [-0.15, -0.1) is 0 Å². The lowest BCUT2D eigenvalue weighted by Gasteiger charge is -2.32. The van der Waals surface area contributed by atoms with Crippen molar-refractivity contribution in [2.24, 2.45) is 11.1 Å². The van der Waals surface area contributed by atoms with Gasteiger partial charge in [0, 0.05) is 57.3 Å². The molecule has 2 atom stereocenters. The number of fused-ring (bicyclic) bond motifs is 1. The van der Waals surface area contributed by atoms with Gasteiger partial charge in [0.2, 0.25) is 0 Å². The van der Waals surface area contributed by atoms with Gasteiger partial charge in [0.1, 0.15) is 24.1 Å². The minimum Gasteiger partial charge on any atom is -0.410 e. The molecule has 204 valence electrons. The lowest BCUT2D eigenvalue weighted by atomic mass is 10.00. The number of carbonyl (C=O) groups excluding carboxylic acids is 1. The van der Waals surface area contributed by atoms with Crippen molar-refractivity contribution in [2.75, 3.05) is 38.0 Å². The van der Waals surface area contributed by atoms with Crippen LogP contribution in [-0.4, -0.2) is 91.7 Å². The first-order valence-electron chi connectivity index (χ1n) is 13.5. The molecular weight excluding hydrogens is 486 g/mol. The number of aliphatic hydroxyl groups is 2. The van der Waals surface area contributed by atoms with E-state index in [4.69, 9.17) is 0 Å². The highest BCUT2D eigenvalue weighted by molar-refractivity contribution is 6.40. The van der Waals surface area contributed by atoms with Gasteiger partial charge in [-0.05, 0) is 43.2 Å². The third kappa shape index (κ3) is 6.65. The van der Waals surface area contributed by atoms with E-state index in [0.717, 1.165) is 45.2 Å². The first kappa shape index (κ1) is 26.5. The Morgan fingerprint density at radius 2 is 1.84 bits per heavy atom. The molecule has 1 aromatic carbocycles. The number of β-amino-alcohol motifs (C(OH)–C–C–N with tert-alkyl or cyclic N) is 1. The van der Waals surface area contributed by atoms with Crippen LogP contribution in [0, 0.1) is 5.92 Å². The number of aromatic nitrogens is 2. The van der Waals surface area contributed by atoms with E-state index in [1.165, 1.54) is 17.5 Å². The summed E-state index contributed by atoms with van der Waals surface area (Å²) in [6.45, 7) is 3.63. The number of benzene rings is 1. The van der Waals surface area contributed by atoms with Gasteiger partial charge in [0.05, 0.1) is 11.8 Å². The van der Waals surface area contributed by atoms with Crippen molar-refractivity contribution < 1.29 is 20.2 Å². The molecule has 38 heavy (non-hydrogen) atoms. The van der Waals surface area contributed by atoms with Crippen LogP contribution in [0.5, 0.6) is 0 Å². The van der Waals surface area contributed by atoms with E-state index in [1.807, 2.05) is 6.07 Å². The van der Waals surface area contributed by atoms with E-state index in [2.05, 4.69) is 48.9 Å². The fourth-order valence-electron chi connectivity index (χ4n) is 5.28. The molecule has 2 aromatic rings. The summed E-state index contributed by atoms with van der Waals surface area (Å²) >= 11 is 0. The zero-order chi connectivity index (χ0) is 26.5. The number of anilines is 1. The topological polar surface area (TPSA) is 146 Å². The van der Waals surface area contributed by atoms with Gasteiger partial charge in [-0.25, -0.2) is 9.97 Å². The second kappa shape index (κ2) is 12.2. The Labute approximate surface area is 222 Å². The number of hydrogen-bond acceptors (Lipinski definition) is 10. The Balaban J connectivity index is 1.06. The average molecular weight is 524 g/mol. The fraction of sp³-hybridized carbons (Fsp3) is 0.556. The van der Waals surface area contributed by atoms with Crippen LogP contribution in [0.25, 0.3) is 0 Å². The molecule has 1 unspecified atom stereocenters. The highest BCUT2D eigenvalue weighted by Crippen LogP contribution is 2.31. The SMILES string of the molecule is O=C(/C(=N\O)C1CC1)N1CCC(Nc2cc(C(O)NC[C@H](O)CN3CCc4ccccc4C3)ncn2)CC1. The molecule has 3 heterocycles. The monoisotopic (exact) mass is 523 g/mol. The lowest BCUT2D eigenvalue weighted by Crippen LogP contribution is -2.45. The molecule has 3 aliphatic rings. The summed E-state index contributed by atoms with van der Waals surface area (Å²) in [5.41, 5.74) is 3.38. The molecule has 5 rings (SSSR count). The Hall–Kier alpha value is -3.12. The number of piperidine rings is 1. The number of hydrogen-bond donors (Lipinski definition) is 5. The summed E-state index contributed by atoms with van der Waals surface area (Å²) in [6.07, 6.45) is 4.02. The number of rotatable bonds is 10. The van der Waals surface area contributed by atoms with Gasteiger partial charge in [-0.1, -0.05) is 29.4 Å². The first-order chi connectivity index (χ1) is 18.5. The summed E-state index contributed by atoms with van der Waals surface area (Å²) in [5.74, 6) is 0.536. The van der Waals surface area contributed by atoms with Gasteiger partial charge >= 0.3 is 0 Å². The van der Waals surface area contributed by atoms with Crippen molar-refractivity contribution in [3.8, 4) is 0 Å². The third-order valence-electron chi connectivity index (χ3n) is 7.62. The molecular formula is C27H37N7O4. The van der Waals surface area contributed by atoms with E-state index >= 15 is 0 Å². The Morgan fingerprint density at radius 1 is 1.08 bits per heavy atom. The molecule has 0 radical (unpaired) electrons. The van der Waals surface area contributed by atoms with Crippen LogP contribution in [0.15, 0.2) is 41.8 Å². The summed E-state index contributed by atoms with van der Waals surface area (Å²) in [4.78, 5) is 25.1. The standard InChI is InChI=1S/C27H37N7O4/c35-22(16-33-10-7-18-3-1-2-4-20(18)15-33)14-28-26(36)23-13-24(30-17-29-23)31-21-8-11-34(12-9-21)27(37)25(32-38)19-5-6-19/h1-4,13,17,19,21-22,26,28,35-36,38H,5-12,14-16H2,(H,29,30,31)/b32-25-/t22-,26?/m0/s1. The van der Waals surface area contributed by atoms with E-state index in [-0.39, 0.29) is 30.1 Å². The highest BCUT2D eigenvalue weighted by atomic mass is 16.4. The molecule has 5 N–H and O–H groups in total. The predicted octanol–water partition coefficient (Wildman–Crippen LogP) is 1.12. The van der Waals surface area contributed by atoms with Crippen molar-refractivity contribution in [1.82, 2.24) is 25.1 Å². The average Bonchev–Trinajstić information content (AvgIpc) is 3.78. The van der Waals surface area contributed by atoms with Crippen molar-refractivity contribution in [2.45, 2.75) is 57.0 Å². The number of likely N-dealkylation sites (tertiary alicyclic amines) is 1. The molecule has 1 aromatic heterocycles. The Bertz CT molecular complexity index is 1130. The van der Waals surface area contributed by atoms with Crippen molar-refractivity contribution in [1.29, 1.82) is 0 Å². The quantitative estimate of drug-likeness (QED) is 0.134. The molecule has 2 aliphatic heterocycles. The highest BCUT2D eigenvalue weighted by Gasteiger charge is 2.36. The molecule has 0 spiro atoms. The molecule has 11 heteroatoms. The van der Waals surface area contributed by atoms with Gasteiger partial charge in [0.25, 0.3) is 5.91 Å². The number of amides is 1. The van der Waals surface area contributed by atoms with Crippen LogP contribution in [0.4, 0.5) is 5.82 Å². The second-order valence-corrected chi connectivity index (χ2v) is 10.5. The zero-order valence-corrected chi connectivity index (χ0v) is 21.5. The van der Waals surface area contributed by atoms with Crippen LogP contribution in [0.2, 0.25) is 0 Å². The number of nitrogens with one attached hydrogen (secondary N) is 2. The maximum Gasteiger partial charge on any atom is 0.271 e. The maximum atomic E-state index is 12.6. The predicted molar refractivity (Wildman–Crippen MR) is 142 cm³/mol. The number of aliphatic hydroxyl groups excluding tert-OH is 2. The lowest BCUT2D eigenvalue weighted by molar-refractivity contribution is -0.125. The molecule has 1 amide bonds. The zero-order valence-electron chi connectivity index (χ0n) is 21.5. The van der Waals surface area contributed by atoms with E-state index in [1.54, 1.807) is 11.0 Å². The molecule has 2 fully saturated rings. The molecule has 1 saturated carbocycles. The minimum absolute atomic E-state index is 0.103. The second-order valence-electron chi connectivity index (χ2n) is 10.5. The smallest absolute Gasteiger partial charge is 0.271 e. The van der Waals surface area contributed by atoms with Crippen LogP contribution in [0.3, 0.4) is 0 Å². The van der Waals surface area contributed by atoms with Crippen LogP contribution >= 0.6 is 0 Å². The molecule has 1 saturated heterocycles. The van der Waals surface area contributed by atoms with Crippen molar-refractivity contribution in [3.05, 3.63) is 53.5 Å². The van der Waals surface area contributed by atoms with E-state index in [0.29, 0.717) is 31.1 Å². The Kier molecular flexibility index (Phi) is 8.48. The summed E-state index contributed by atoms with van der Waals surface area (Å²) in [7, 11) is 0. The van der Waals surface area contributed by atoms with Gasteiger partial charge in [-0.3, -0.25) is 15.0 Å². The number of carbonyl (C=O) groups is 1. The van der Waals surface area contributed by atoms with Gasteiger partial charge in [-0.2, -0.15) is 0 Å². The van der Waals surface area contributed by atoms with Crippen LogP contribution in [-0.2, 0) is 17.8 Å². The normalized spacial score (nSPS) is 20.6. The largest absolute Gasteiger partial charge is 0.410 e. The molecule has 1 aliphatic carbocycles. The third-order valence-corrected chi connectivity index (χ3v) is 7.62. The van der Waals surface area contributed by atoms with Gasteiger partial charge < -0.3 is 25.6 Å². The molecule has 11 nitrogen and oxygen atoms in total. The first-order valence-corrected chi connectivity index (χ1v) is 13.5. The molecule has 0 bridgehead atoms. The number of nitrogens with zero attached hydrogens (tertiary/aromatic N) is 5. The van der Waals surface area contributed by atoms with Crippen LogP contribution in [0.1, 0.15) is 48.7 Å².